The number of aliphatic hydroxyl groups is 1. The molecule has 0 atom stereocenters. The summed E-state index contributed by atoms with van der Waals surface area (Å²) in [6, 6.07) is 7.07. The molecule has 1 aromatic carbocycles. The maximum atomic E-state index is 12.2. The molecule has 0 radical (unpaired) electrons. The van der Waals surface area contributed by atoms with Crippen molar-refractivity contribution >= 4 is 11.6 Å². The molecule has 17 heavy (non-hydrogen) atoms. The van der Waals surface area contributed by atoms with E-state index in [2.05, 4.69) is 0 Å². The second-order valence-electron chi connectivity index (χ2n) is 4.29. The average Bonchev–Trinajstić information content (AvgIpc) is 2.29. The molecular formula is C13H20N2O2. The van der Waals surface area contributed by atoms with Gasteiger partial charge in [-0.05, 0) is 38.5 Å². The first kappa shape index (κ1) is 13.5. The molecule has 1 aromatic rings. The Morgan fingerprint density at radius 1 is 1.47 bits per heavy atom. The maximum Gasteiger partial charge on any atom is 0.254 e. The van der Waals surface area contributed by atoms with Crippen LogP contribution in [0.2, 0.25) is 0 Å². The summed E-state index contributed by atoms with van der Waals surface area (Å²) in [4.78, 5) is 14.0. The van der Waals surface area contributed by atoms with Crippen molar-refractivity contribution in [3.8, 4) is 0 Å². The monoisotopic (exact) mass is 236 g/mol. The van der Waals surface area contributed by atoms with E-state index in [1.54, 1.807) is 29.2 Å². The molecule has 0 bridgehead atoms. The Morgan fingerprint density at radius 3 is 2.71 bits per heavy atom. The van der Waals surface area contributed by atoms with Crippen LogP contribution in [-0.2, 0) is 0 Å². The van der Waals surface area contributed by atoms with Crippen molar-refractivity contribution in [3.63, 3.8) is 0 Å². The number of aliphatic hydroxyl groups excluding tert-OH is 1. The highest BCUT2D eigenvalue weighted by atomic mass is 16.3. The number of carbonyl (C=O) groups excluding carboxylic acids is 1. The second kappa shape index (κ2) is 6.25. The number of nitrogens with zero attached hydrogens (tertiary/aromatic N) is 1. The Balaban J connectivity index is 2.84. The van der Waals surface area contributed by atoms with E-state index in [0.29, 0.717) is 24.2 Å². The zero-order valence-corrected chi connectivity index (χ0v) is 10.4. The van der Waals surface area contributed by atoms with Gasteiger partial charge in [0, 0.05) is 30.4 Å². The zero-order valence-electron chi connectivity index (χ0n) is 10.4. The molecule has 1 rings (SSSR count). The van der Waals surface area contributed by atoms with Gasteiger partial charge in [-0.25, -0.2) is 0 Å². The van der Waals surface area contributed by atoms with E-state index in [1.165, 1.54) is 0 Å². The molecule has 0 heterocycles. The normalized spacial score (nSPS) is 10.6. The van der Waals surface area contributed by atoms with Gasteiger partial charge >= 0.3 is 0 Å². The topological polar surface area (TPSA) is 66.6 Å². The van der Waals surface area contributed by atoms with Crippen molar-refractivity contribution in [1.82, 2.24) is 4.90 Å². The van der Waals surface area contributed by atoms with Crippen molar-refractivity contribution in [2.24, 2.45) is 0 Å². The Morgan fingerprint density at radius 2 is 2.18 bits per heavy atom. The first-order valence-electron chi connectivity index (χ1n) is 5.83. The van der Waals surface area contributed by atoms with Crippen molar-refractivity contribution in [3.05, 3.63) is 29.8 Å². The summed E-state index contributed by atoms with van der Waals surface area (Å²) < 4.78 is 0. The second-order valence-corrected chi connectivity index (χ2v) is 4.29. The third kappa shape index (κ3) is 3.75. The van der Waals surface area contributed by atoms with Crippen LogP contribution in [0.5, 0.6) is 0 Å². The highest BCUT2D eigenvalue weighted by Crippen LogP contribution is 2.12. The number of hydrogen-bond acceptors (Lipinski definition) is 3. The molecule has 4 heteroatoms. The first-order chi connectivity index (χ1) is 8.06. The summed E-state index contributed by atoms with van der Waals surface area (Å²) >= 11 is 0. The summed E-state index contributed by atoms with van der Waals surface area (Å²) in [6.45, 7) is 4.57. The lowest BCUT2D eigenvalue weighted by Gasteiger charge is -2.26. The average molecular weight is 236 g/mol. The van der Waals surface area contributed by atoms with Crippen LogP contribution in [0.15, 0.2) is 24.3 Å². The standard InChI is InChI=1S/C13H20N2O2/c1-10(2)15(7-4-8-16)13(17)11-5-3-6-12(14)9-11/h3,5-6,9-10,16H,4,7-8,14H2,1-2H3. The Hall–Kier alpha value is -1.55. The van der Waals surface area contributed by atoms with Gasteiger partial charge in [0.05, 0.1) is 0 Å². The Labute approximate surface area is 102 Å². The number of amides is 1. The van der Waals surface area contributed by atoms with E-state index >= 15 is 0 Å². The predicted octanol–water partition coefficient (Wildman–Crippen LogP) is 1.50. The number of carbonyl (C=O) groups is 1. The lowest BCUT2D eigenvalue weighted by atomic mass is 10.1. The van der Waals surface area contributed by atoms with Gasteiger partial charge in [-0.15, -0.1) is 0 Å². The van der Waals surface area contributed by atoms with Crippen molar-refractivity contribution in [1.29, 1.82) is 0 Å². The van der Waals surface area contributed by atoms with Crippen LogP contribution >= 0.6 is 0 Å². The fourth-order valence-corrected chi connectivity index (χ4v) is 1.67. The van der Waals surface area contributed by atoms with Crippen LogP contribution in [0.4, 0.5) is 5.69 Å². The SMILES string of the molecule is CC(C)N(CCCO)C(=O)c1cccc(N)c1. The van der Waals surface area contributed by atoms with Crippen LogP contribution in [0.3, 0.4) is 0 Å². The summed E-state index contributed by atoms with van der Waals surface area (Å²) in [5.41, 5.74) is 6.84. The third-order valence-electron chi connectivity index (χ3n) is 2.57. The summed E-state index contributed by atoms with van der Waals surface area (Å²) in [5, 5.41) is 8.84. The minimum absolute atomic E-state index is 0.0410. The van der Waals surface area contributed by atoms with Crippen LogP contribution in [-0.4, -0.2) is 35.1 Å². The van der Waals surface area contributed by atoms with Gasteiger partial charge in [-0.3, -0.25) is 4.79 Å². The first-order valence-corrected chi connectivity index (χ1v) is 5.83. The molecule has 94 valence electrons. The van der Waals surface area contributed by atoms with Crippen molar-refractivity contribution in [2.45, 2.75) is 26.3 Å². The molecule has 0 spiro atoms. The van der Waals surface area contributed by atoms with E-state index in [-0.39, 0.29) is 18.6 Å². The van der Waals surface area contributed by atoms with E-state index < -0.39 is 0 Å². The van der Waals surface area contributed by atoms with E-state index in [9.17, 15) is 4.79 Å². The smallest absolute Gasteiger partial charge is 0.254 e. The third-order valence-corrected chi connectivity index (χ3v) is 2.57. The fourth-order valence-electron chi connectivity index (χ4n) is 1.67. The molecule has 0 unspecified atom stereocenters. The summed E-state index contributed by atoms with van der Waals surface area (Å²) in [5.74, 6) is -0.0410. The van der Waals surface area contributed by atoms with Crippen molar-refractivity contribution in [2.75, 3.05) is 18.9 Å². The van der Waals surface area contributed by atoms with Gasteiger partial charge < -0.3 is 15.7 Å². The minimum Gasteiger partial charge on any atom is -0.399 e. The molecule has 3 N–H and O–H groups in total. The van der Waals surface area contributed by atoms with Gasteiger partial charge in [-0.2, -0.15) is 0 Å². The quantitative estimate of drug-likeness (QED) is 0.761. The molecule has 0 saturated carbocycles. The molecule has 0 fully saturated rings. The minimum atomic E-state index is -0.0410. The van der Waals surface area contributed by atoms with Gasteiger partial charge in [0.15, 0.2) is 0 Å². The van der Waals surface area contributed by atoms with E-state index in [0.717, 1.165) is 0 Å². The largest absolute Gasteiger partial charge is 0.399 e. The number of rotatable bonds is 5. The molecule has 0 aromatic heterocycles. The highest BCUT2D eigenvalue weighted by Gasteiger charge is 2.18. The fraction of sp³-hybridized carbons (Fsp3) is 0.462. The Kier molecular flexibility index (Phi) is 4.97. The van der Waals surface area contributed by atoms with Crippen LogP contribution in [0.1, 0.15) is 30.6 Å². The maximum absolute atomic E-state index is 12.2. The predicted molar refractivity (Wildman–Crippen MR) is 68.7 cm³/mol. The number of anilines is 1. The van der Waals surface area contributed by atoms with Gasteiger partial charge in [0.2, 0.25) is 0 Å². The highest BCUT2D eigenvalue weighted by molar-refractivity contribution is 5.95. The number of nitrogen functional groups attached to an aromatic ring is 1. The van der Waals surface area contributed by atoms with Crippen molar-refractivity contribution < 1.29 is 9.90 Å². The molecule has 4 nitrogen and oxygen atoms in total. The van der Waals surface area contributed by atoms with Gasteiger partial charge in [-0.1, -0.05) is 6.07 Å². The molecule has 0 saturated heterocycles. The van der Waals surface area contributed by atoms with E-state index in [1.807, 2.05) is 13.8 Å². The lowest BCUT2D eigenvalue weighted by molar-refractivity contribution is 0.0693. The van der Waals surface area contributed by atoms with Crippen LogP contribution in [0.25, 0.3) is 0 Å². The molecule has 1 amide bonds. The van der Waals surface area contributed by atoms with Crippen LogP contribution in [0, 0.1) is 0 Å². The van der Waals surface area contributed by atoms with Gasteiger partial charge in [0.1, 0.15) is 0 Å². The number of hydrogen-bond donors (Lipinski definition) is 2. The molecule has 0 aliphatic heterocycles. The molecular weight excluding hydrogens is 216 g/mol. The zero-order chi connectivity index (χ0) is 12.8. The Bertz CT molecular complexity index is 377. The molecule has 0 aliphatic rings. The van der Waals surface area contributed by atoms with Crippen LogP contribution < -0.4 is 5.73 Å². The summed E-state index contributed by atoms with van der Waals surface area (Å²) in [7, 11) is 0. The van der Waals surface area contributed by atoms with E-state index in [4.69, 9.17) is 10.8 Å². The lowest BCUT2D eigenvalue weighted by Crippen LogP contribution is -2.38. The number of benzene rings is 1. The molecule has 0 aliphatic carbocycles. The summed E-state index contributed by atoms with van der Waals surface area (Å²) in [6.07, 6.45) is 0.590. The van der Waals surface area contributed by atoms with Gasteiger partial charge in [0.25, 0.3) is 5.91 Å². The number of nitrogens with two attached hydrogens (primary N) is 1.